The number of esters is 1. The fraction of sp³-hybridized carbons (Fsp3) is 0.250. The summed E-state index contributed by atoms with van der Waals surface area (Å²) in [4.78, 5) is 10.6. The van der Waals surface area contributed by atoms with Crippen LogP contribution in [0.1, 0.15) is 25.0 Å². The molecule has 0 aromatic heterocycles. The Morgan fingerprint density at radius 1 is 1.47 bits per heavy atom. The quantitative estimate of drug-likeness (QED) is 0.606. The monoisotopic (exact) mass is 206 g/mol. The molecule has 1 aromatic rings. The summed E-state index contributed by atoms with van der Waals surface area (Å²) in [7, 11) is 0. The van der Waals surface area contributed by atoms with Crippen molar-refractivity contribution in [1.29, 1.82) is 0 Å². The van der Waals surface area contributed by atoms with Gasteiger partial charge in [0.2, 0.25) is 0 Å². The molecule has 0 saturated carbocycles. The summed E-state index contributed by atoms with van der Waals surface area (Å²) in [6.45, 7) is 4.86. The van der Waals surface area contributed by atoms with Gasteiger partial charge in [0.1, 0.15) is 5.76 Å². The molecule has 15 heavy (non-hydrogen) atoms. The normalized spacial score (nSPS) is 11.9. The van der Waals surface area contributed by atoms with Crippen molar-refractivity contribution < 1.29 is 14.6 Å². The summed E-state index contributed by atoms with van der Waals surface area (Å²) in [6, 6.07) is 9.18. The van der Waals surface area contributed by atoms with E-state index in [1.54, 1.807) is 0 Å². The van der Waals surface area contributed by atoms with E-state index in [-0.39, 0.29) is 12.2 Å². The standard InChI is InChI=1S/C12H14O3/c1-9(15-10(2)13)8-12(14)11-6-4-3-5-7-11/h3-7,12,14H,1,8H2,2H3. The molecule has 0 amide bonds. The van der Waals surface area contributed by atoms with E-state index in [1.807, 2.05) is 30.3 Å². The first-order valence-corrected chi connectivity index (χ1v) is 4.69. The second kappa shape index (κ2) is 5.32. The van der Waals surface area contributed by atoms with Crippen molar-refractivity contribution >= 4 is 5.97 Å². The Balaban J connectivity index is 2.53. The zero-order valence-corrected chi connectivity index (χ0v) is 8.64. The lowest BCUT2D eigenvalue weighted by Gasteiger charge is -2.11. The maximum absolute atomic E-state index is 10.6. The fourth-order valence-electron chi connectivity index (χ4n) is 1.25. The van der Waals surface area contributed by atoms with Crippen LogP contribution >= 0.6 is 0 Å². The van der Waals surface area contributed by atoms with Gasteiger partial charge in [0.25, 0.3) is 0 Å². The smallest absolute Gasteiger partial charge is 0.307 e. The molecule has 1 atom stereocenters. The summed E-state index contributed by atoms with van der Waals surface area (Å²) in [6.07, 6.45) is -0.457. The highest BCUT2D eigenvalue weighted by Gasteiger charge is 2.10. The minimum atomic E-state index is -0.682. The van der Waals surface area contributed by atoms with E-state index in [9.17, 15) is 9.90 Å². The number of hydrogen-bond acceptors (Lipinski definition) is 3. The molecule has 0 radical (unpaired) electrons. The van der Waals surface area contributed by atoms with Gasteiger partial charge in [0.15, 0.2) is 0 Å². The average molecular weight is 206 g/mol. The highest BCUT2D eigenvalue weighted by Crippen LogP contribution is 2.20. The van der Waals surface area contributed by atoms with Crippen LogP contribution in [0.4, 0.5) is 0 Å². The summed E-state index contributed by atoms with van der Waals surface area (Å²) < 4.78 is 4.75. The summed E-state index contributed by atoms with van der Waals surface area (Å²) >= 11 is 0. The summed E-state index contributed by atoms with van der Waals surface area (Å²) in [5.74, 6) is -0.140. The molecule has 3 nitrogen and oxygen atoms in total. The van der Waals surface area contributed by atoms with Crippen LogP contribution in [0.5, 0.6) is 0 Å². The minimum Gasteiger partial charge on any atom is -0.432 e. The molecule has 0 bridgehead atoms. The van der Waals surface area contributed by atoms with Gasteiger partial charge < -0.3 is 9.84 Å². The Kier molecular flexibility index (Phi) is 4.06. The molecule has 3 heteroatoms. The first-order chi connectivity index (χ1) is 7.09. The van der Waals surface area contributed by atoms with Crippen LogP contribution in [0.3, 0.4) is 0 Å². The fourth-order valence-corrected chi connectivity index (χ4v) is 1.25. The van der Waals surface area contributed by atoms with Crippen molar-refractivity contribution in [3.63, 3.8) is 0 Å². The van der Waals surface area contributed by atoms with Crippen LogP contribution in [-0.2, 0) is 9.53 Å². The number of carbonyl (C=O) groups is 1. The Hall–Kier alpha value is -1.61. The van der Waals surface area contributed by atoms with Crippen molar-refractivity contribution in [2.75, 3.05) is 0 Å². The lowest BCUT2D eigenvalue weighted by Crippen LogP contribution is -2.03. The molecular weight excluding hydrogens is 192 g/mol. The second-order valence-electron chi connectivity index (χ2n) is 3.26. The molecule has 1 N–H and O–H groups in total. The SMILES string of the molecule is C=C(CC(O)c1ccccc1)OC(C)=O. The molecule has 0 spiro atoms. The predicted molar refractivity (Wildman–Crippen MR) is 56.9 cm³/mol. The molecule has 0 heterocycles. The average Bonchev–Trinajstić information content (AvgIpc) is 2.17. The topological polar surface area (TPSA) is 46.5 Å². The molecule has 1 rings (SSSR count). The number of aliphatic hydroxyl groups is 1. The van der Waals surface area contributed by atoms with Crippen LogP contribution in [-0.4, -0.2) is 11.1 Å². The second-order valence-corrected chi connectivity index (χ2v) is 3.26. The van der Waals surface area contributed by atoms with Gasteiger partial charge in [0.05, 0.1) is 6.10 Å². The zero-order chi connectivity index (χ0) is 11.3. The Bertz CT molecular complexity index is 343. The number of hydrogen-bond donors (Lipinski definition) is 1. The zero-order valence-electron chi connectivity index (χ0n) is 8.64. The van der Waals surface area contributed by atoms with Gasteiger partial charge in [-0.1, -0.05) is 36.9 Å². The molecule has 0 fully saturated rings. The Labute approximate surface area is 89.0 Å². The minimum absolute atomic E-state index is 0.226. The lowest BCUT2D eigenvalue weighted by molar-refractivity contribution is -0.137. The van der Waals surface area contributed by atoms with E-state index >= 15 is 0 Å². The first kappa shape index (κ1) is 11.5. The highest BCUT2D eigenvalue weighted by molar-refractivity contribution is 5.67. The van der Waals surface area contributed by atoms with Gasteiger partial charge >= 0.3 is 5.97 Å². The number of benzene rings is 1. The maximum atomic E-state index is 10.6. The third-order valence-corrected chi connectivity index (χ3v) is 1.89. The van der Waals surface area contributed by atoms with E-state index in [0.717, 1.165) is 5.56 Å². The lowest BCUT2D eigenvalue weighted by atomic mass is 10.1. The van der Waals surface area contributed by atoms with Crippen LogP contribution in [0.2, 0.25) is 0 Å². The molecule has 1 aromatic carbocycles. The highest BCUT2D eigenvalue weighted by atomic mass is 16.5. The van der Waals surface area contributed by atoms with Gasteiger partial charge in [-0.25, -0.2) is 0 Å². The maximum Gasteiger partial charge on any atom is 0.307 e. The van der Waals surface area contributed by atoms with E-state index < -0.39 is 12.1 Å². The van der Waals surface area contributed by atoms with Crippen molar-refractivity contribution in [2.45, 2.75) is 19.4 Å². The molecule has 0 aliphatic carbocycles. The number of carbonyl (C=O) groups excluding carboxylic acids is 1. The van der Waals surface area contributed by atoms with E-state index in [2.05, 4.69) is 6.58 Å². The summed E-state index contributed by atoms with van der Waals surface area (Å²) in [5, 5.41) is 9.75. The Morgan fingerprint density at radius 2 is 2.07 bits per heavy atom. The van der Waals surface area contributed by atoms with Gasteiger partial charge in [-0.05, 0) is 5.56 Å². The third-order valence-electron chi connectivity index (χ3n) is 1.89. The molecule has 0 saturated heterocycles. The van der Waals surface area contributed by atoms with Crippen LogP contribution in [0.15, 0.2) is 42.7 Å². The third kappa shape index (κ3) is 3.95. The van der Waals surface area contributed by atoms with Crippen molar-refractivity contribution in [2.24, 2.45) is 0 Å². The van der Waals surface area contributed by atoms with Gasteiger partial charge in [-0.3, -0.25) is 4.79 Å². The van der Waals surface area contributed by atoms with E-state index in [4.69, 9.17) is 4.74 Å². The molecule has 80 valence electrons. The van der Waals surface area contributed by atoms with Crippen molar-refractivity contribution in [3.8, 4) is 0 Å². The van der Waals surface area contributed by atoms with Crippen molar-refractivity contribution in [3.05, 3.63) is 48.2 Å². The van der Waals surface area contributed by atoms with Gasteiger partial charge in [-0.2, -0.15) is 0 Å². The van der Waals surface area contributed by atoms with E-state index in [0.29, 0.717) is 0 Å². The van der Waals surface area contributed by atoms with Crippen molar-refractivity contribution in [1.82, 2.24) is 0 Å². The molecule has 1 unspecified atom stereocenters. The first-order valence-electron chi connectivity index (χ1n) is 4.69. The van der Waals surface area contributed by atoms with Crippen LogP contribution in [0.25, 0.3) is 0 Å². The van der Waals surface area contributed by atoms with Crippen LogP contribution < -0.4 is 0 Å². The number of rotatable bonds is 4. The van der Waals surface area contributed by atoms with Crippen LogP contribution in [0, 0.1) is 0 Å². The Morgan fingerprint density at radius 3 is 2.60 bits per heavy atom. The predicted octanol–water partition coefficient (Wildman–Crippen LogP) is 2.19. The largest absolute Gasteiger partial charge is 0.432 e. The van der Waals surface area contributed by atoms with Gasteiger partial charge in [-0.15, -0.1) is 0 Å². The van der Waals surface area contributed by atoms with Gasteiger partial charge in [0, 0.05) is 13.3 Å². The number of ether oxygens (including phenoxy) is 1. The molecular formula is C12H14O3. The molecule has 0 aliphatic heterocycles. The van der Waals surface area contributed by atoms with E-state index in [1.165, 1.54) is 6.92 Å². The number of aliphatic hydroxyl groups excluding tert-OH is 1. The summed E-state index contributed by atoms with van der Waals surface area (Å²) in [5.41, 5.74) is 0.783. The molecule has 0 aliphatic rings.